The van der Waals surface area contributed by atoms with Crippen LogP contribution in [0.4, 0.5) is 4.39 Å². The third-order valence-corrected chi connectivity index (χ3v) is 2.41. The Bertz CT molecular complexity index is 346. The predicted octanol–water partition coefficient (Wildman–Crippen LogP) is 3.31. The number of hydrogen-bond donors (Lipinski definition) is 0. The van der Waals surface area contributed by atoms with E-state index < -0.39 is 5.82 Å². The topological polar surface area (TPSA) is 23.8 Å². The van der Waals surface area contributed by atoms with Gasteiger partial charge in [0, 0.05) is 0 Å². The number of hydrogen-bond acceptors (Lipinski definition) is 1. The van der Waals surface area contributed by atoms with Crippen molar-refractivity contribution in [2.45, 2.75) is 6.42 Å². The average Bonchev–Trinajstić information content (AvgIpc) is 2.07. The minimum atomic E-state index is -0.510. The first-order chi connectivity index (χ1) is 5.66. The lowest BCUT2D eigenvalue weighted by Crippen LogP contribution is -1.88. The third kappa shape index (κ3) is 1.77. The van der Waals surface area contributed by atoms with Gasteiger partial charge in [-0.1, -0.05) is 17.7 Å². The van der Waals surface area contributed by atoms with Crippen molar-refractivity contribution in [1.29, 1.82) is 5.26 Å². The Balaban J connectivity index is 3.19. The van der Waals surface area contributed by atoms with Gasteiger partial charge >= 0.3 is 0 Å². The van der Waals surface area contributed by atoms with Gasteiger partial charge in [0.05, 0.1) is 22.0 Å². The van der Waals surface area contributed by atoms with Crippen molar-refractivity contribution >= 4 is 27.5 Å². The highest BCUT2D eigenvalue weighted by Gasteiger charge is 2.08. The summed E-state index contributed by atoms with van der Waals surface area (Å²) in [6, 6.07) is 5.06. The Morgan fingerprint density at radius 1 is 1.58 bits per heavy atom. The first-order valence-corrected chi connectivity index (χ1v) is 4.33. The summed E-state index contributed by atoms with van der Waals surface area (Å²) < 4.78 is 13.3. The van der Waals surface area contributed by atoms with Crippen LogP contribution in [-0.4, -0.2) is 0 Å². The smallest absolute Gasteiger partial charge is 0.156 e. The van der Waals surface area contributed by atoms with Gasteiger partial charge in [-0.2, -0.15) is 5.26 Å². The zero-order valence-electron chi connectivity index (χ0n) is 5.94. The molecule has 12 heavy (non-hydrogen) atoms. The van der Waals surface area contributed by atoms with Crippen molar-refractivity contribution in [3.05, 3.63) is 33.0 Å². The minimum Gasteiger partial charge on any atom is -0.204 e. The lowest BCUT2D eigenvalue weighted by Gasteiger charge is -2.01. The zero-order chi connectivity index (χ0) is 9.14. The Morgan fingerprint density at radius 3 is 2.83 bits per heavy atom. The van der Waals surface area contributed by atoms with E-state index >= 15 is 0 Å². The van der Waals surface area contributed by atoms with Gasteiger partial charge < -0.3 is 0 Å². The van der Waals surface area contributed by atoms with Crippen LogP contribution in [0.5, 0.6) is 0 Å². The first kappa shape index (κ1) is 9.50. The maximum atomic E-state index is 13.0. The molecule has 0 saturated heterocycles. The third-order valence-electron chi connectivity index (χ3n) is 1.38. The van der Waals surface area contributed by atoms with E-state index in [2.05, 4.69) is 15.9 Å². The van der Waals surface area contributed by atoms with Crippen molar-refractivity contribution < 1.29 is 4.39 Å². The monoisotopic (exact) mass is 247 g/mol. The molecule has 1 aromatic rings. The first-order valence-electron chi connectivity index (χ1n) is 3.16. The fourth-order valence-electron chi connectivity index (χ4n) is 0.788. The van der Waals surface area contributed by atoms with Crippen LogP contribution in [-0.2, 0) is 6.42 Å². The molecule has 0 aromatic heterocycles. The van der Waals surface area contributed by atoms with E-state index in [1.807, 2.05) is 6.07 Å². The van der Waals surface area contributed by atoms with E-state index in [4.69, 9.17) is 16.9 Å². The van der Waals surface area contributed by atoms with Gasteiger partial charge in [0.1, 0.15) is 0 Å². The molecule has 1 rings (SSSR count). The molecule has 0 radical (unpaired) electrons. The molecule has 1 nitrogen and oxygen atoms in total. The van der Waals surface area contributed by atoms with Crippen LogP contribution in [0.2, 0.25) is 5.02 Å². The van der Waals surface area contributed by atoms with Crippen LogP contribution in [0.1, 0.15) is 5.56 Å². The molecule has 0 saturated carbocycles. The van der Waals surface area contributed by atoms with Crippen molar-refractivity contribution in [2.75, 3.05) is 0 Å². The number of nitriles is 1. The normalized spacial score (nSPS) is 9.50. The standard InChI is InChI=1S/C8H4BrClFN/c9-6-2-1-5(3-4-12)7(10)8(6)11/h1-2H,3H2. The second-order valence-electron chi connectivity index (χ2n) is 2.17. The maximum Gasteiger partial charge on any atom is 0.156 e. The molecule has 62 valence electrons. The molecule has 4 heteroatoms. The van der Waals surface area contributed by atoms with Gasteiger partial charge in [0.15, 0.2) is 5.82 Å². The van der Waals surface area contributed by atoms with Gasteiger partial charge in [0.2, 0.25) is 0 Å². The van der Waals surface area contributed by atoms with Crippen LogP contribution in [0.3, 0.4) is 0 Å². The second-order valence-corrected chi connectivity index (χ2v) is 3.40. The minimum absolute atomic E-state index is 0.0194. The summed E-state index contributed by atoms with van der Waals surface area (Å²) in [5.41, 5.74) is 0.514. The van der Waals surface area contributed by atoms with Gasteiger partial charge in [-0.25, -0.2) is 4.39 Å². The molecule has 0 aliphatic heterocycles. The van der Waals surface area contributed by atoms with Crippen molar-refractivity contribution in [1.82, 2.24) is 0 Å². The summed E-state index contributed by atoms with van der Waals surface area (Å²) in [4.78, 5) is 0. The molecular weight excluding hydrogens is 244 g/mol. The van der Waals surface area contributed by atoms with E-state index in [-0.39, 0.29) is 11.4 Å². The lowest BCUT2D eigenvalue weighted by atomic mass is 10.2. The summed E-state index contributed by atoms with van der Waals surface area (Å²) in [6.45, 7) is 0. The fraction of sp³-hybridized carbons (Fsp3) is 0.125. The Hall–Kier alpha value is -0.590. The van der Waals surface area contributed by atoms with Crippen LogP contribution < -0.4 is 0 Å². The van der Waals surface area contributed by atoms with Gasteiger partial charge in [-0.3, -0.25) is 0 Å². The van der Waals surface area contributed by atoms with E-state index in [9.17, 15) is 4.39 Å². The second kappa shape index (κ2) is 3.88. The molecule has 0 N–H and O–H groups in total. The predicted molar refractivity (Wildman–Crippen MR) is 48.4 cm³/mol. The average molecular weight is 248 g/mol. The molecule has 0 bridgehead atoms. The number of nitrogens with zero attached hydrogens (tertiary/aromatic N) is 1. The molecule has 0 aliphatic carbocycles. The Labute approximate surface area is 82.9 Å². The molecule has 1 aromatic carbocycles. The van der Waals surface area contributed by atoms with Crippen molar-refractivity contribution in [2.24, 2.45) is 0 Å². The van der Waals surface area contributed by atoms with E-state index in [0.717, 1.165) is 0 Å². The number of halogens is 3. The summed E-state index contributed by atoms with van der Waals surface area (Å²) >= 11 is 8.61. The van der Waals surface area contributed by atoms with E-state index in [1.165, 1.54) is 6.07 Å². The van der Waals surface area contributed by atoms with E-state index in [0.29, 0.717) is 10.0 Å². The largest absolute Gasteiger partial charge is 0.204 e. The number of rotatable bonds is 1. The summed E-state index contributed by atoms with van der Waals surface area (Å²) in [7, 11) is 0. The summed E-state index contributed by atoms with van der Waals surface area (Å²) in [5, 5.41) is 8.38. The van der Waals surface area contributed by atoms with E-state index in [1.54, 1.807) is 6.07 Å². The Morgan fingerprint density at radius 2 is 2.25 bits per heavy atom. The molecule has 0 aliphatic rings. The molecule has 0 atom stereocenters. The molecule has 0 unspecified atom stereocenters. The van der Waals surface area contributed by atoms with Crippen LogP contribution in [0.25, 0.3) is 0 Å². The van der Waals surface area contributed by atoms with Crippen LogP contribution in [0.15, 0.2) is 16.6 Å². The highest BCUT2D eigenvalue weighted by molar-refractivity contribution is 9.10. The highest BCUT2D eigenvalue weighted by atomic mass is 79.9. The van der Waals surface area contributed by atoms with Crippen LogP contribution in [0, 0.1) is 17.1 Å². The molecular formula is C8H4BrClFN. The SMILES string of the molecule is N#CCc1ccc(Br)c(F)c1Cl. The van der Waals surface area contributed by atoms with Crippen molar-refractivity contribution in [3.8, 4) is 6.07 Å². The van der Waals surface area contributed by atoms with Gasteiger partial charge in [-0.15, -0.1) is 0 Å². The molecule has 0 heterocycles. The maximum absolute atomic E-state index is 13.0. The molecule has 0 amide bonds. The Kier molecular flexibility index (Phi) is 3.07. The van der Waals surface area contributed by atoms with Gasteiger partial charge in [0.25, 0.3) is 0 Å². The van der Waals surface area contributed by atoms with Crippen molar-refractivity contribution in [3.63, 3.8) is 0 Å². The number of benzene rings is 1. The fourth-order valence-corrected chi connectivity index (χ4v) is 1.46. The molecule has 0 spiro atoms. The van der Waals surface area contributed by atoms with Gasteiger partial charge in [-0.05, 0) is 27.6 Å². The van der Waals surface area contributed by atoms with Crippen LogP contribution >= 0.6 is 27.5 Å². The zero-order valence-corrected chi connectivity index (χ0v) is 8.28. The summed E-state index contributed by atoms with van der Waals surface area (Å²) in [6.07, 6.45) is 0.128. The quantitative estimate of drug-likeness (QED) is 0.700. The highest BCUT2D eigenvalue weighted by Crippen LogP contribution is 2.26. The summed E-state index contributed by atoms with van der Waals surface area (Å²) in [5.74, 6) is -0.510. The molecule has 0 fully saturated rings. The lowest BCUT2D eigenvalue weighted by molar-refractivity contribution is 0.620.